The summed E-state index contributed by atoms with van der Waals surface area (Å²) in [7, 11) is 2.08. The summed E-state index contributed by atoms with van der Waals surface area (Å²) in [5, 5.41) is 13.6. The number of nitro benzene ring substituents is 1. The van der Waals surface area contributed by atoms with Crippen LogP contribution in [0, 0.1) is 15.9 Å². The van der Waals surface area contributed by atoms with Crippen LogP contribution in [0.5, 0.6) is 0 Å². The Morgan fingerprint density at radius 2 is 2.05 bits per heavy atom. The van der Waals surface area contributed by atoms with Gasteiger partial charge in [-0.05, 0) is 7.05 Å². The molecule has 1 fully saturated rings. The van der Waals surface area contributed by atoms with Gasteiger partial charge in [-0.1, -0.05) is 11.6 Å². The highest BCUT2D eigenvalue weighted by Gasteiger charge is 2.18. The van der Waals surface area contributed by atoms with Gasteiger partial charge in [-0.15, -0.1) is 0 Å². The summed E-state index contributed by atoms with van der Waals surface area (Å²) in [6.45, 7) is 5.23. The predicted molar refractivity (Wildman–Crippen MR) is 80.5 cm³/mol. The standard InChI is InChI=1S/C13H18ClFN4O2/c1-17-4-6-18(7-5-17)3-2-16-12-9-11(15)10(14)8-13(12)19(20)21/h8-9,16H,2-7H2,1H3. The van der Waals surface area contributed by atoms with Gasteiger partial charge in [-0.25, -0.2) is 4.39 Å². The Labute approximate surface area is 127 Å². The van der Waals surface area contributed by atoms with E-state index in [1.165, 1.54) is 0 Å². The fraction of sp³-hybridized carbons (Fsp3) is 0.538. The topological polar surface area (TPSA) is 61.6 Å². The van der Waals surface area contributed by atoms with Crippen molar-refractivity contribution in [2.75, 3.05) is 51.6 Å². The first-order valence-corrected chi connectivity index (χ1v) is 7.13. The van der Waals surface area contributed by atoms with Crippen molar-refractivity contribution in [1.29, 1.82) is 0 Å². The van der Waals surface area contributed by atoms with Gasteiger partial charge >= 0.3 is 0 Å². The number of halogens is 2. The van der Waals surface area contributed by atoms with Gasteiger partial charge < -0.3 is 10.2 Å². The highest BCUT2D eigenvalue weighted by Crippen LogP contribution is 2.30. The second-order valence-electron chi connectivity index (χ2n) is 5.11. The van der Waals surface area contributed by atoms with E-state index in [4.69, 9.17) is 11.6 Å². The Kier molecular flexibility index (Phi) is 5.33. The summed E-state index contributed by atoms with van der Waals surface area (Å²) in [5.74, 6) is -0.663. The Balaban J connectivity index is 1.93. The van der Waals surface area contributed by atoms with Crippen LogP contribution in [0.15, 0.2) is 12.1 Å². The van der Waals surface area contributed by atoms with Crippen LogP contribution >= 0.6 is 11.6 Å². The van der Waals surface area contributed by atoms with Crippen molar-refractivity contribution in [2.24, 2.45) is 0 Å². The van der Waals surface area contributed by atoms with E-state index in [9.17, 15) is 14.5 Å². The van der Waals surface area contributed by atoms with E-state index in [0.29, 0.717) is 6.54 Å². The Bertz CT molecular complexity index is 521. The van der Waals surface area contributed by atoms with Gasteiger partial charge in [0.2, 0.25) is 0 Å². The molecule has 6 nitrogen and oxygen atoms in total. The third kappa shape index (κ3) is 4.26. The fourth-order valence-corrected chi connectivity index (χ4v) is 2.41. The number of nitrogens with zero attached hydrogens (tertiary/aromatic N) is 3. The normalized spacial score (nSPS) is 16.9. The summed E-state index contributed by atoms with van der Waals surface area (Å²) < 4.78 is 13.4. The number of nitro groups is 1. The number of hydrogen-bond donors (Lipinski definition) is 1. The van der Waals surface area contributed by atoms with Gasteiger partial charge in [0.15, 0.2) is 0 Å². The zero-order chi connectivity index (χ0) is 15.4. The number of likely N-dealkylation sites (N-methyl/N-ethyl adjacent to an activating group) is 1. The molecule has 2 rings (SSSR count). The molecule has 8 heteroatoms. The number of hydrogen-bond acceptors (Lipinski definition) is 5. The van der Waals surface area contributed by atoms with Crippen molar-refractivity contribution in [2.45, 2.75) is 0 Å². The lowest BCUT2D eigenvalue weighted by Crippen LogP contribution is -2.45. The summed E-state index contributed by atoms with van der Waals surface area (Å²) in [4.78, 5) is 14.9. The van der Waals surface area contributed by atoms with E-state index in [-0.39, 0.29) is 16.4 Å². The molecule has 116 valence electrons. The number of rotatable bonds is 5. The molecule has 0 radical (unpaired) electrons. The molecule has 0 aromatic heterocycles. The molecule has 0 saturated carbocycles. The monoisotopic (exact) mass is 316 g/mol. The van der Waals surface area contributed by atoms with Crippen LogP contribution in [0.2, 0.25) is 5.02 Å². The summed E-state index contributed by atoms with van der Waals surface area (Å²) in [5.41, 5.74) is -0.0456. The van der Waals surface area contributed by atoms with Crippen LogP contribution in [0.25, 0.3) is 0 Å². The minimum absolute atomic E-state index is 0.163. The molecule has 1 aliphatic heterocycles. The quantitative estimate of drug-likeness (QED) is 0.665. The SMILES string of the molecule is CN1CCN(CCNc2cc(F)c(Cl)cc2[N+](=O)[O-])CC1. The first kappa shape index (κ1) is 15.9. The van der Waals surface area contributed by atoms with E-state index in [0.717, 1.165) is 44.9 Å². The van der Waals surface area contributed by atoms with Gasteiger partial charge in [0.05, 0.1) is 9.95 Å². The lowest BCUT2D eigenvalue weighted by Gasteiger charge is -2.32. The molecule has 1 saturated heterocycles. The summed E-state index contributed by atoms with van der Waals surface area (Å²) in [6.07, 6.45) is 0. The highest BCUT2D eigenvalue weighted by molar-refractivity contribution is 6.31. The molecule has 0 amide bonds. The minimum Gasteiger partial charge on any atom is -0.378 e. The van der Waals surface area contributed by atoms with E-state index in [1.807, 2.05) is 0 Å². The minimum atomic E-state index is -0.663. The van der Waals surface area contributed by atoms with Crippen LogP contribution in [-0.4, -0.2) is 61.0 Å². The van der Waals surface area contributed by atoms with Gasteiger partial charge in [0, 0.05) is 51.4 Å². The smallest absolute Gasteiger partial charge is 0.294 e. The Hall–Kier alpha value is -1.44. The molecule has 1 heterocycles. The van der Waals surface area contributed by atoms with Crippen LogP contribution in [-0.2, 0) is 0 Å². The van der Waals surface area contributed by atoms with Gasteiger partial charge in [0.25, 0.3) is 5.69 Å². The van der Waals surface area contributed by atoms with Gasteiger partial charge in [0.1, 0.15) is 11.5 Å². The lowest BCUT2D eigenvalue weighted by molar-refractivity contribution is -0.384. The molecular weight excluding hydrogens is 299 g/mol. The second kappa shape index (κ2) is 7.02. The predicted octanol–water partition coefficient (Wildman–Crippen LogP) is 2.05. The molecule has 21 heavy (non-hydrogen) atoms. The van der Waals surface area contributed by atoms with Gasteiger partial charge in [-0.3, -0.25) is 15.0 Å². The maximum absolute atomic E-state index is 13.4. The summed E-state index contributed by atoms with van der Waals surface area (Å²) in [6, 6.07) is 2.11. The highest BCUT2D eigenvalue weighted by atomic mass is 35.5. The average Bonchev–Trinajstić information content (AvgIpc) is 2.44. The second-order valence-corrected chi connectivity index (χ2v) is 5.52. The van der Waals surface area contributed by atoms with Crippen molar-refractivity contribution in [1.82, 2.24) is 9.80 Å². The maximum atomic E-state index is 13.4. The van der Waals surface area contributed by atoms with Crippen molar-refractivity contribution in [3.63, 3.8) is 0 Å². The van der Waals surface area contributed by atoms with E-state index >= 15 is 0 Å². The maximum Gasteiger partial charge on any atom is 0.294 e. The van der Waals surface area contributed by atoms with E-state index in [2.05, 4.69) is 22.2 Å². The zero-order valence-corrected chi connectivity index (χ0v) is 12.6. The molecule has 1 N–H and O–H groups in total. The third-order valence-corrected chi connectivity index (χ3v) is 3.86. The number of anilines is 1. The number of benzene rings is 1. The molecule has 1 aromatic carbocycles. The molecular formula is C13H18ClFN4O2. The van der Waals surface area contributed by atoms with Crippen molar-refractivity contribution < 1.29 is 9.31 Å². The molecule has 1 aromatic rings. The Morgan fingerprint density at radius 1 is 1.38 bits per heavy atom. The molecule has 0 atom stereocenters. The number of piperazine rings is 1. The fourth-order valence-electron chi connectivity index (χ4n) is 2.25. The largest absolute Gasteiger partial charge is 0.378 e. The van der Waals surface area contributed by atoms with Crippen LogP contribution in [0.4, 0.5) is 15.8 Å². The number of nitrogens with one attached hydrogen (secondary N) is 1. The zero-order valence-electron chi connectivity index (χ0n) is 11.8. The lowest BCUT2D eigenvalue weighted by atomic mass is 10.2. The van der Waals surface area contributed by atoms with E-state index in [1.54, 1.807) is 0 Å². The van der Waals surface area contributed by atoms with Crippen molar-refractivity contribution in [3.8, 4) is 0 Å². The molecule has 0 unspecified atom stereocenters. The van der Waals surface area contributed by atoms with Crippen molar-refractivity contribution in [3.05, 3.63) is 33.1 Å². The molecule has 0 aliphatic carbocycles. The van der Waals surface area contributed by atoms with E-state index < -0.39 is 10.7 Å². The first-order valence-electron chi connectivity index (χ1n) is 6.75. The molecule has 1 aliphatic rings. The van der Waals surface area contributed by atoms with Crippen LogP contribution in [0.3, 0.4) is 0 Å². The summed E-state index contributed by atoms with van der Waals surface area (Å²) >= 11 is 5.58. The average molecular weight is 317 g/mol. The van der Waals surface area contributed by atoms with Crippen LogP contribution in [0.1, 0.15) is 0 Å². The van der Waals surface area contributed by atoms with Crippen LogP contribution < -0.4 is 5.32 Å². The molecule has 0 spiro atoms. The van der Waals surface area contributed by atoms with Gasteiger partial charge in [-0.2, -0.15) is 0 Å². The molecule has 0 bridgehead atoms. The first-order chi connectivity index (χ1) is 9.97. The van der Waals surface area contributed by atoms with Crippen molar-refractivity contribution >= 4 is 23.0 Å². The third-order valence-electron chi connectivity index (χ3n) is 3.57. The Morgan fingerprint density at radius 3 is 2.67 bits per heavy atom.